The van der Waals surface area contributed by atoms with E-state index < -0.39 is 0 Å². The fraction of sp³-hybridized carbons (Fsp3) is 0.562. The smallest absolute Gasteiger partial charge is 0.246 e. The van der Waals surface area contributed by atoms with Gasteiger partial charge in [-0.3, -0.25) is 14.6 Å². The Labute approximate surface area is 124 Å². The van der Waals surface area contributed by atoms with Gasteiger partial charge in [0.15, 0.2) is 0 Å². The molecule has 21 heavy (non-hydrogen) atoms. The van der Waals surface area contributed by atoms with Crippen molar-refractivity contribution in [2.75, 3.05) is 24.5 Å². The number of rotatable bonds is 2. The van der Waals surface area contributed by atoms with Crippen molar-refractivity contribution in [3.8, 4) is 0 Å². The summed E-state index contributed by atoms with van der Waals surface area (Å²) in [5.41, 5.74) is 2.07. The Balaban J connectivity index is 1.73. The van der Waals surface area contributed by atoms with Crippen LogP contribution in [0.1, 0.15) is 44.1 Å². The summed E-state index contributed by atoms with van der Waals surface area (Å²) in [6.45, 7) is 3.69. The molecule has 0 aromatic carbocycles. The van der Waals surface area contributed by atoms with Crippen LogP contribution in [0.4, 0.5) is 5.69 Å². The Morgan fingerprint density at radius 3 is 3.10 bits per heavy atom. The second kappa shape index (κ2) is 5.84. The summed E-state index contributed by atoms with van der Waals surface area (Å²) in [6.07, 6.45) is 7.10. The van der Waals surface area contributed by atoms with Crippen LogP contribution in [0.15, 0.2) is 18.5 Å². The van der Waals surface area contributed by atoms with Crippen LogP contribution in [-0.4, -0.2) is 41.3 Å². The normalized spacial score (nSPS) is 22.1. The highest BCUT2D eigenvalue weighted by Gasteiger charge is 2.31. The Morgan fingerprint density at radius 2 is 2.24 bits per heavy atom. The van der Waals surface area contributed by atoms with Crippen LogP contribution in [0.3, 0.4) is 0 Å². The summed E-state index contributed by atoms with van der Waals surface area (Å²) in [4.78, 5) is 32.2. The zero-order valence-corrected chi connectivity index (χ0v) is 12.4. The van der Waals surface area contributed by atoms with Gasteiger partial charge in [0.1, 0.15) is 6.54 Å². The maximum absolute atomic E-state index is 12.6. The lowest BCUT2D eigenvalue weighted by Crippen LogP contribution is -2.42. The van der Waals surface area contributed by atoms with Crippen LogP contribution in [0.25, 0.3) is 0 Å². The highest BCUT2D eigenvalue weighted by Crippen LogP contribution is 2.35. The summed E-state index contributed by atoms with van der Waals surface area (Å²) in [5, 5.41) is 0. The number of pyridine rings is 1. The fourth-order valence-corrected chi connectivity index (χ4v) is 3.20. The first-order valence-corrected chi connectivity index (χ1v) is 7.69. The number of hydrogen-bond donors (Lipinski definition) is 0. The predicted molar refractivity (Wildman–Crippen MR) is 80.1 cm³/mol. The molecular weight excluding hydrogens is 266 g/mol. The van der Waals surface area contributed by atoms with E-state index in [2.05, 4.69) is 11.9 Å². The van der Waals surface area contributed by atoms with Crippen LogP contribution in [0, 0.1) is 0 Å². The first-order chi connectivity index (χ1) is 10.2. The van der Waals surface area contributed by atoms with Gasteiger partial charge < -0.3 is 9.80 Å². The van der Waals surface area contributed by atoms with Crippen LogP contribution >= 0.6 is 0 Å². The third-order valence-corrected chi connectivity index (χ3v) is 4.41. The van der Waals surface area contributed by atoms with Crippen molar-refractivity contribution in [2.24, 2.45) is 0 Å². The number of likely N-dealkylation sites (tertiary alicyclic amines) is 1. The van der Waals surface area contributed by atoms with E-state index in [0.717, 1.165) is 24.9 Å². The third-order valence-electron chi connectivity index (χ3n) is 4.41. The molecule has 0 spiro atoms. The molecule has 1 fully saturated rings. The van der Waals surface area contributed by atoms with Gasteiger partial charge in [-0.05, 0) is 24.5 Å². The molecule has 2 amide bonds. The molecule has 5 heteroatoms. The molecule has 2 aliphatic heterocycles. The topological polar surface area (TPSA) is 53.5 Å². The van der Waals surface area contributed by atoms with Crippen molar-refractivity contribution in [1.82, 2.24) is 9.88 Å². The number of carbonyl (C=O) groups is 2. The fourth-order valence-electron chi connectivity index (χ4n) is 3.20. The molecule has 0 bridgehead atoms. The minimum Gasteiger partial charge on any atom is -0.333 e. The lowest BCUT2D eigenvalue weighted by Gasteiger charge is -2.24. The van der Waals surface area contributed by atoms with Gasteiger partial charge in [-0.25, -0.2) is 0 Å². The predicted octanol–water partition coefficient (Wildman–Crippen LogP) is 1.93. The Bertz CT molecular complexity index is 558. The number of amides is 2. The minimum atomic E-state index is 0.00356. The van der Waals surface area contributed by atoms with E-state index in [0.29, 0.717) is 25.4 Å². The van der Waals surface area contributed by atoms with Gasteiger partial charge in [0.2, 0.25) is 11.8 Å². The largest absolute Gasteiger partial charge is 0.333 e. The maximum atomic E-state index is 12.6. The quantitative estimate of drug-likeness (QED) is 0.835. The average Bonchev–Trinajstić information content (AvgIpc) is 2.69. The lowest BCUT2D eigenvalue weighted by atomic mass is 10.1. The van der Waals surface area contributed by atoms with E-state index in [1.165, 1.54) is 5.56 Å². The number of aromatic nitrogens is 1. The number of anilines is 1. The van der Waals surface area contributed by atoms with Gasteiger partial charge in [0.05, 0.1) is 11.9 Å². The summed E-state index contributed by atoms with van der Waals surface area (Å²) in [5.74, 6) is 0.440. The Hall–Kier alpha value is -1.91. The van der Waals surface area contributed by atoms with Crippen LogP contribution < -0.4 is 4.90 Å². The molecule has 3 rings (SSSR count). The molecule has 1 aromatic heterocycles. The van der Waals surface area contributed by atoms with Gasteiger partial charge in [-0.1, -0.05) is 13.3 Å². The summed E-state index contributed by atoms with van der Waals surface area (Å²) in [6, 6.07) is 1.98. The van der Waals surface area contributed by atoms with Gasteiger partial charge in [0.25, 0.3) is 0 Å². The molecule has 0 aliphatic carbocycles. The summed E-state index contributed by atoms with van der Waals surface area (Å²) in [7, 11) is 0. The van der Waals surface area contributed by atoms with Crippen molar-refractivity contribution in [3.05, 3.63) is 24.0 Å². The van der Waals surface area contributed by atoms with Crippen molar-refractivity contribution in [3.63, 3.8) is 0 Å². The SMILES string of the molecule is CC1CN(C(=O)CN2CCCCCC2=O)c2cnccc21. The van der Waals surface area contributed by atoms with Crippen LogP contribution in [0.5, 0.6) is 0 Å². The van der Waals surface area contributed by atoms with Gasteiger partial charge in [0, 0.05) is 31.6 Å². The molecule has 112 valence electrons. The number of carbonyl (C=O) groups excluding carboxylic acids is 2. The summed E-state index contributed by atoms with van der Waals surface area (Å²) < 4.78 is 0. The molecule has 5 nitrogen and oxygen atoms in total. The molecular formula is C16H21N3O2. The van der Waals surface area contributed by atoms with Crippen molar-refractivity contribution >= 4 is 17.5 Å². The molecule has 0 N–H and O–H groups in total. The van der Waals surface area contributed by atoms with Gasteiger partial charge >= 0.3 is 0 Å². The number of nitrogens with zero attached hydrogens (tertiary/aromatic N) is 3. The Kier molecular flexibility index (Phi) is 3.90. The van der Waals surface area contributed by atoms with Crippen LogP contribution in [0.2, 0.25) is 0 Å². The number of hydrogen-bond acceptors (Lipinski definition) is 3. The van der Waals surface area contributed by atoms with E-state index in [4.69, 9.17) is 0 Å². The zero-order valence-electron chi connectivity index (χ0n) is 12.4. The van der Waals surface area contributed by atoms with Crippen molar-refractivity contribution in [2.45, 2.75) is 38.5 Å². The monoisotopic (exact) mass is 287 g/mol. The molecule has 3 heterocycles. The summed E-state index contributed by atoms with van der Waals surface area (Å²) >= 11 is 0. The second-order valence-corrected chi connectivity index (χ2v) is 5.97. The van der Waals surface area contributed by atoms with E-state index in [1.807, 2.05) is 6.07 Å². The second-order valence-electron chi connectivity index (χ2n) is 5.97. The van der Waals surface area contributed by atoms with Crippen molar-refractivity contribution in [1.29, 1.82) is 0 Å². The molecule has 1 saturated heterocycles. The molecule has 0 saturated carbocycles. The third kappa shape index (κ3) is 2.77. The molecule has 2 aliphatic rings. The maximum Gasteiger partial charge on any atom is 0.246 e. The molecule has 0 radical (unpaired) electrons. The van der Waals surface area contributed by atoms with Crippen LogP contribution in [-0.2, 0) is 9.59 Å². The lowest BCUT2D eigenvalue weighted by molar-refractivity contribution is -0.134. The van der Waals surface area contributed by atoms with E-state index >= 15 is 0 Å². The van der Waals surface area contributed by atoms with E-state index in [-0.39, 0.29) is 18.4 Å². The first kappa shape index (κ1) is 14.0. The first-order valence-electron chi connectivity index (χ1n) is 7.69. The highest BCUT2D eigenvalue weighted by molar-refractivity contribution is 5.98. The zero-order chi connectivity index (χ0) is 14.8. The van der Waals surface area contributed by atoms with Crippen molar-refractivity contribution < 1.29 is 9.59 Å². The number of fused-ring (bicyclic) bond motifs is 1. The highest BCUT2D eigenvalue weighted by atomic mass is 16.2. The Morgan fingerprint density at radius 1 is 1.38 bits per heavy atom. The van der Waals surface area contributed by atoms with Gasteiger partial charge in [-0.2, -0.15) is 0 Å². The average molecular weight is 287 g/mol. The standard InChI is InChI=1S/C16H21N3O2/c1-12-10-19(14-9-17-7-6-13(12)14)16(21)11-18-8-4-2-3-5-15(18)20/h6-7,9,12H,2-5,8,10-11H2,1H3. The van der Waals surface area contributed by atoms with E-state index in [1.54, 1.807) is 22.2 Å². The molecule has 1 aromatic rings. The molecule has 1 unspecified atom stereocenters. The van der Waals surface area contributed by atoms with Gasteiger partial charge in [-0.15, -0.1) is 0 Å². The minimum absolute atomic E-state index is 0.00356. The van der Waals surface area contributed by atoms with E-state index in [9.17, 15) is 9.59 Å². The molecule has 1 atom stereocenters.